The van der Waals surface area contributed by atoms with Gasteiger partial charge in [-0.25, -0.2) is 4.99 Å². The SMILES string of the molecule is Cc1cc2cc(NC(=NC3CCCCN(CC(=O)N4CCCC4C(=O)N(C)C)C3=O)NC#N)ccc2o1. The van der Waals surface area contributed by atoms with E-state index in [0.717, 1.165) is 36.0 Å². The number of aryl methyl sites for hydroxylation is 1. The van der Waals surface area contributed by atoms with Crippen LogP contribution >= 0.6 is 0 Å². The van der Waals surface area contributed by atoms with E-state index in [9.17, 15) is 19.6 Å². The summed E-state index contributed by atoms with van der Waals surface area (Å²) in [6.07, 6.45) is 5.27. The molecular weight excluding hydrogens is 474 g/mol. The Bertz CT molecular complexity index is 1250. The fourth-order valence-electron chi connectivity index (χ4n) is 4.93. The van der Waals surface area contributed by atoms with Gasteiger partial charge in [0.05, 0.1) is 6.54 Å². The van der Waals surface area contributed by atoms with Gasteiger partial charge in [-0.3, -0.25) is 19.7 Å². The van der Waals surface area contributed by atoms with Gasteiger partial charge in [-0.15, -0.1) is 0 Å². The van der Waals surface area contributed by atoms with Crippen LogP contribution in [-0.4, -0.2) is 84.2 Å². The zero-order valence-electron chi connectivity index (χ0n) is 21.5. The molecule has 3 heterocycles. The number of rotatable bonds is 5. The highest BCUT2D eigenvalue weighted by Gasteiger charge is 2.37. The molecule has 0 radical (unpaired) electrons. The largest absolute Gasteiger partial charge is 0.461 e. The second-order valence-corrected chi connectivity index (χ2v) is 9.70. The van der Waals surface area contributed by atoms with Gasteiger partial charge in [-0.1, -0.05) is 0 Å². The lowest BCUT2D eigenvalue weighted by molar-refractivity contribution is -0.145. The van der Waals surface area contributed by atoms with Gasteiger partial charge < -0.3 is 24.4 Å². The first-order valence-corrected chi connectivity index (χ1v) is 12.6. The van der Waals surface area contributed by atoms with Crippen LogP contribution in [0.3, 0.4) is 0 Å². The molecule has 0 aliphatic carbocycles. The van der Waals surface area contributed by atoms with Gasteiger partial charge in [-0.05, 0) is 63.3 Å². The number of hydrogen-bond acceptors (Lipinski definition) is 6. The molecule has 2 aliphatic heterocycles. The van der Waals surface area contributed by atoms with E-state index in [1.165, 1.54) is 9.80 Å². The molecule has 2 aromatic rings. The maximum atomic E-state index is 13.4. The highest BCUT2D eigenvalue weighted by molar-refractivity contribution is 5.98. The van der Waals surface area contributed by atoms with Crippen LogP contribution < -0.4 is 10.6 Å². The highest BCUT2D eigenvalue weighted by atomic mass is 16.3. The standard InChI is InChI=1S/C26H33N7O4/c1-17-13-18-14-19(9-10-22(18)37-17)29-26(28-16-27)30-20-7-4-5-11-32(24(20)35)15-23(34)33-12-6-8-21(33)25(36)31(2)3/h9-10,13-14,20-21H,4-8,11-12,15H2,1-3H3,(H2,28,29,30). The fraction of sp³-hybridized carbons (Fsp3) is 0.500. The number of furan rings is 1. The van der Waals surface area contributed by atoms with Crippen molar-refractivity contribution in [1.29, 1.82) is 5.26 Å². The molecule has 0 spiro atoms. The first-order valence-electron chi connectivity index (χ1n) is 12.6. The molecule has 0 bridgehead atoms. The molecule has 2 fully saturated rings. The third-order valence-corrected chi connectivity index (χ3v) is 6.74. The summed E-state index contributed by atoms with van der Waals surface area (Å²) in [5.41, 5.74) is 1.44. The maximum absolute atomic E-state index is 13.4. The molecule has 11 nitrogen and oxygen atoms in total. The normalized spacial score (nSPS) is 20.5. The second-order valence-electron chi connectivity index (χ2n) is 9.70. The van der Waals surface area contributed by atoms with Crippen molar-refractivity contribution in [2.75, 3.05) is 39.0 Å². The predicted octanol–water partition coefficient (Wildman–Crippen LogP) is 2.04. The molecule has 196 valence electrons. The number of likely N-dealkylation sites (N-methyl/N-ethyl adjacent to an activating group) is 1. The summed E-state index contributed by atoms with van der Waals surface area (Å²) >= 11 is 0. The first-order chi connectivity index (χ1) is 17.8. The average molecular weight is 508 g/mol. The Labute approximate surface area is 216 Å². The van der Waals surface area contributed by atoms with Crippen LogP contribution in [0.4, 0.5) is 5.69 Å². The van der Waals surface area contributed by atoms with E-state index in [1.807, 2.05) is 31.3 Å². The number of nitrogens with one attached hydrogen (secondary N) is 2. The van der Waals surface area contributed by atoms with Gasteiger partial charge in [0.25, 0.3) is 0 Å². The third kappa shape index (κ3) is 6.02. The minimum atomic E-state index is -0.740. The van der Waals surface area contributed by atoms with Crippen LogP contribution in [0.2, 0.25) is 0 Å². The minimum absolute atomic E-state index is 0.0903. The number of benzene rings is 1. The van der Waals surface area contributed by atoms with E-state index < -0.39 is 12.1 Å². The quantitative estimate of drug-likeness (QED) is 0.274. The lowest BCUT2D eigenvalue weighted by Gasteiger charge is -2.29. The lowest BCUT2D eigenvalue weighted by Crippen LogP contribution is -2.50. The van der Waals surface area contributed by atoms with Crippen molar-refractivity contribution in [3.05, 3.63) is 30.0 Å². The summed E-state index contributed by atoms with van der Waals surface area (Å²) in [5, 5.41) is 15.8. The van der Waals surface area contributed by atoms with Gasteiger partial charge in [0, 0.05) is 38.3 Å². The van der Waals surface area contributed by atoms with Crippen LogP contribution in [0.1, 0.15) is 37.9 Å². The van der Waals surface area contributed by atoms with Crippen LogP contribution in [0.5, 0.6) is 0 Å². The van der Waals surface area contributed by atoms with Gasteiger partial charge >= 0.3 is 0 Å². The summed E-state index contributed by atoms with van der Waals surface area (Å²) in [7, 11) is 3.36. The van der Waals surface area contributed by atoms with Gasteiger partial charge in [-0.2, -0.15) is 5.26 Å². The van der Waals surface area contributed by atoms with E-state index in [1.54, 1.807) is 25.1 Å². The Hall–Kier alpha value is -4.07. The van der Waals surface area contributed by atoms with Crippen molar-refractivity contribution in [2.24, 2.45) is 4.99 Å². The fourth-order valence-corrected chi connectivity index (χ4v) is 4.93. The Morgan fingerprint density at radius 3 is 2.76 bits per heavy atom. The van der Waals surface area contributed by atoms with Crippen molar-refractivity contribution in [3.8, 4) is 6.19 Å². The number of hydrogen-bond donors (Lipinski definition) is 2. The molecule has 1 aromatic carbocycles. The number of amides is 3. The number of fused-ring (bicyclic) bond motifs is 1. The molecule has 2 N–H and O–H groups in total. The first kappa shape index (κ1) is 26.0. The number of carbonyl (C=O) groups excluding carboxylic acids is 3. The van der Waals surface area contributed by atoms with Gasteiger partial charge in [0.15, 0.2) is 6.19 Å². The summed E-state index contributed by atoms with van der Waals surface area (Å²) in [6, 6.07) is 6.20. The van der Waals surface area contributed by atoms with Crippen molar-refractivity contribution in [3.63, 3.8) is 0 Å². The molecule has 2 unspecified atom stereocenters. The van der Waals surface area contributed by atoms with Crippen molar-refractivity contribution >= 4 is 40.3 Å². The van der Waals surface area contributed by atoms with E-state index in [2.05, 4.69) is 15.6 Å². The molecule has 37 heavy (non-hydrogen) atoms. The van der Waals surface area contributed by atoms with Crippen molar-refractivity contribution in [1.82, 2.24) is 20.0 Å². The molecule has 2 saturated heterocycles. The number of nitriles is 1. The third-order valence-electron chi connectivity index (χ3n) is 6.74. The van der Waals surface area contributed by atoms with Crippen molar-refractivity contribution < 1.29 is 18.8 Å². The van der Waals surface area contributed by atoms with Crippen LogP contribution in [-0.2, 0) is 14.4 Å². The molecule has 4 rings (SSSR count). The number of nitrogens with zero attached hydrogens (tertiary/aromatic N) is 5. The number of likely N-dealkylation sites (tertiary alicyclic amines) is 2. The van der Waals surface area contributed by atoms with E-state index in [4.69, 9.17) is 4.42 Å². The zero-order chi connectivity index (χ0) is 26.5. The Morgan fingerprint density at radius 1 is 1.19 bits per heavy atom. The van der Waals surface area contributed by atoms with Gasteiger partial charge in [0.2, 0.25) is 23.7 Å². The summed E-state index contributed by atoms with van der Waals surface area (Å²) in [6.45, 7) is 2.73. The summed E-state index contributed by atoms with van der Waals surface area (Å²) in [5.74, 6) is 0.358. The number of aliphatic imine (C=N–C) groups is 1. The minimum Gasteiger partial charge on any atom is -0.461 e. The number of guanidine groups is 1. The molecule has 3 amide bonds. The summed E-state index contributed by atoms with van der Waals surface area (Å²) in [4.78, 5) is 48.2. The number of anilines is 1. The average Bonchev–Trinajstić information content (AvgIpc) is 3.45. The summed E-state index contributed by atoms with van der Waals surface area (Å²) < 4.78 is 5.61. The van der Waals surface area contributed by atoms with Crippen LogP contribution in [0.25, 0.3) is 11.0 Å². The second kappa shape index (κ2) is 11.3. The predicted molar refractivity (Wildman–Crippen MR) is 138 cm³/mol. The van der Waals surface area contributed by atoms with Crippen molar-refractivity contribution in [2.45, 2.75) is 51.1 Å². The van der Waals surface area contributed by atoms with E-state index in [0.29, 0.717) is 31.6 Å². The lowest BCUT2D eigenvalue weighted by atomic mass is 10.1. The monoisotopic (exact) mass is 507 g/mol. The molecular formula is C26H33N7O4. The van der Waals surface area contributed by atoms with Crippen LogP contribution in [0, 0.1) is 18.4 Å². The van der Waals surface area contributed by atoms with E-state index >= 15 is 0 Å². The highest BCUT2D eigenvalue weighted by Crippen LogP contribution is 2.23. The van der Waals surface area contributed by atoms with Crippen LogP contribution in [0.15, 0.2) is 33.7 Å². The maximum Gasteiger partial charge on any atom is 0.247 e. The zero-order valence-corrected chi connectivity index (χ0v) is 21.5. The Morgan fingerprint density at radius 2 is 2.00 bits per heavy atom. The van der Waals surface area contributed by atoms with E-state index in [-0.39, 0.29) is 30.2 Å². The molecule has 2 atom stereocenters. The Balaban J connectivity index is 1.48. The van der Waals surface area contributed by atoms with Gasteiger partial charge in [0.1, 0.15) is 23.4 Å². The topological polar surface area (TPSA) is 134 Å². The number of carbonyl (C=O) groups is 3. The smallest absolute Gasteiger partial charge is 0.247 e. The molecule has 2 aliphatic rings. The molecule has 1 aromatic heterocycles. The Kier molecular flexibility index (Phi) is 7.96. The molecule has 11 heteroatoms. The molecule has 0 saturated carbocycles.